The maximum atomic E-state index is 6.19. The summed E-state index contributed by atoms with van der Waals surface area (Å²) in [5.74, 6) is 1.17. The molecule has 0 amide bonds. The van der Waals surface area contributed by atoms with E-state index in [0.29, 0.717) is 30.1 Å². The summed E-state index contributed by atoms with van der Waals surface area (Å²) < 4.78 is 18.1. The van der Waals surface area contributed by atoms with Gasteiger partial charge < -0.3 is 14.2 Å². The fourth-order valence-electron chi connectivity index (χ4n) is 4.15. The quantitative estimate of drug-likeness (QED) is 0.770. The molecule has 0 aliphatic carbocycles. The fourth-order valence-corrected chi connectivity index (χ4v) is 4.15. The van der Waals surface area contributed by atoms with Crippen LogP contribution < -0.4 is 0 Å². The first kappa shape index (κ1) is 13.8. The van der Waals surface area contributed by atoms with Gasteiger partial charge in [0.2, 0.25) is 0 Å². The van der Waals surface area contributed by atoms with Crippen LogP contribution in [0.4, 0.5) is 0 Å². The van der Waals surface area contributed by atoms with Crippen LogP contribution in [0.5, 0.6) is 0 Å². The minimum absolute atomic E-state index is 0.350. The van der Waals surface area contributed by atoms with E-state index in [1.54, 1.807) is 0 Å². The molecule has 0 bridgehead atoms. The first-order valence-electron chi connectivity index (χ1n) is 8.21. The Kier molecular flexibility index (Phi) is 4.78. The Morgan fingerprint density at radius 3 is 2.16 bits per heavy atom. The van der Waals surface area contributed by atoms with Crippen LogP contribution in [-0.4, -0.2) is 38.1 Å². The van der Waals surface area contributed by atoms with Crippen LogP contribution in [0.3, 0.4) is 0 Å². The maximum Gasteiger partial charge on any atom is 0.0680 e. The Balaban J connectivity index is 1.68. The zero-order valence-corrected chi connectivity index (χ0v) is 12.2. The molecule has 0 spiro atoms. The average molecular weight is 268 g/mol. The first-order valence-corrected chi connectivity index (χ1v) is 8.21. The molecule has 3 saturated heterocycles. The summed E-state index contributed by atoms with van der Waals surface area (Å²) in [4.78, 5) is 0. The van der Waals surface area contributed by atoms with E-state index in [-0.39, 0.29) is 0 Å². The van der Waals surface area contributed by atoms with E-state index in [9.17, 15) is 0 Å². The second-order valence-electron chi connectivity index (χ2n) is 6.43. The average Bonchev–Trinajstić information content (AvgIpc) is 2.49. The fraction of sp³-hybridized carbons (Fsp3) is 1.00. The molecule has 0 radical (unpaired) electrons. The van der Waals surface area contributed by atoms with Crippen molar-refractivity contribution < 1.29 is 14.2 Å². The lowest BCUT2D eigenvalue weighted by Crippen LogP contribution is -2.48. The van der Waals surface area contributed by atoms with Crippen molar-refractivity contribution in [3.05, 3.63) is 0 Å². The van der Waals surface area contributed by atoms with Gasteiger partial charge in [0.05, 0.1) is 18.3 Å². The Morgan fingerprint density at radius 2 is 1.42 bits per heavy atom. The van der Waals surface area contributed by atoms with Gasteiger partial charge in [0.25, 0.3) is 0 Å². The summed E-state index contributed by atoms with van der Waals surface area (Å²) in [7, 11) is 0. The number of ether oxygens (including phenoxy) is 3. The third-order valence-corrected chi connectivity index (χ3v) is 5.19. The van der Waals surface area contributed by atoms with Gasteiger partial charge in [-0.1, -0.05) is 0 Å². The third kappa shape index (κ3) is 3.14. The van der Waals surface area contributed by atoms with Crippen molar-refractivity contribution in [2.24, 2.45) is 11.8 Å². The molecule has 3 nitrogen and oxygen atoms in total. The zero-order valence-electron chi connectivity index (χ0n) is 12.2. The lowest BCUT2D eigenvalue weighted by atomic mass is 9.76. The standard InChI is InChI=1S/C16H28O3/c1-12-13(6-4-10-17-12)16-14(7-5-11-19-16)15-8-2-3-9-18-15/h12-16H,2-11H2,1H3. The van der Waals surface area contributed by atoms with Gasteiger partial charge in [0.15, 0.2) is 0 Å². The molecule has 3 rings (SSSR count). The van der Waals surface area contributed by atoms with Gasteiger partial charge in [0.1, 0.15) is 0 Å². The van der Waals surface area contributed by atoms with Crippen molar-refractivity contribution >= 4 is 0 Å². The minimum Gasteiger partial charge on any atom is -0.378 e. The van der Waals surface area contributed by atoms with E-state index in [1.807, 2.05) is 0 Å². The Morgan fingerprint density at radius 1 is 0.684 bits per heavy atom. The van der Waals surface area contributed by atoms with Crippen LogP contribution in [-0.2, 0) is 14.2 Å². The van der Waals surface area contributed by atoms with Crippen LogP contribution >= 0.6 is 0 Å². The molecule has 0 aromatic carbocycles. The lowest BCUT2D eigenvalue weighted by molar-refractivity contribution is -0.158. The predicted octanol–water partition coefficient (Wildman–Crippen LogP) is 3.17. The van der Waals surface area contributed by atoms with Crippen LogP contribution in [0.15, 0.2) is 0 Å². The van der Waals surface area contributed by atoms with E-state index >= 15 is 0 Å². The summed E-state index contributed by atoms with van der Waals surface area (Å²) in [6.45, 7) is 5.03. The molecule has 0 aromatic rings. The predicted molar refractivity (Wildman–Crippen MR) is 74.2 cm³/mol. The summed E-state index contributed by atoms with van der Waals surface area (Å²) in [6, 6.07) is 0. The summed E-state index contributed by atoms with van der Waals surface area (Å²) >= 11 is 0. The number of hydrogen-bond donors (Lipinski definition) is 0. The Hall–Kier alpha value is -0.120. The summed E-state index contributed by atoms with van der Waals surface area (Å²) in [5, 5.41) is 0. The molecule has 5 unspecified atom stereocenters. The zero-order chi connectivity index (χ0) is 13.1. The van der Waals surface area contributed by atoms with Crippen LogP contribution in [0.1, 0.15) is 51.9 Å². The molecule has 3 aliphatic heterocycles. The lowest BCUT2D eigenvalue weighted by Gasteiger charge is -2.44. The van der Waals surface area contributed by atoms with E-state index in [1.165, 1.54) is 44.9 Å². The second-order valence-corrected chi connectivity index (χ2v) is 6.43. The normalized spacial score (nSPS) is 45.0. The first-order chi connectivity index (χ1) is 9.36. The molecule has 110 valence electrons. The molecule has 0 N–H and O–H groups in total. The van der Waals surface area contributed by atoms with Crippen molar-refractivity contribution in [2.45, 2.75) is 70.2 Å². The van der Waals surface area contributed by atoms with Crippen molar-refractivity contribution in [1.29, 1.82) is 0 Å². The van der Waals surface area contributed by atoms with Gasteiger partial charge >= 0.3 is 0 Å². The van der Waals surface area contributed by atoms with Gasteiger partial charge in [-0.25, -0.2) is 0 Å². The molecule has 3 fully saturated rings. The van der Waals surface area contributed by atoms with E-state index < -0.39 is 0 Å². The summed E-state index contributed by atoms with van der Waals surface area (Å²) in [6.07, 6.45) is 9.86. The molecule has 3 heterocycles. The van der Waals surface area contributed by atoms with Crippen LogP contribution in [0, 0.1) is 11.8 Å². The smallest absolute Gasteiger partial charge is 0.0680 e. The Labute approximate surface area is 117 Å². The van der Waals surface area contributed by atoms with Crippen molar-refractivity contribution in [1.82, 2.24) is 0 Å². The van der Waals surface area contributed by atoms with E-state index in [2.05, 4.69) is 6.92 Å². The van der Waals surface area contributed by atoms with Gasteiger partial charge in [-0.05, 0) is 51.9 Å². The molecular weight excluding hydrogens is 240 g/mol. The maximum absolute atomic E-state index is 6.19. The molecule has 0 saturated carbocycles. The van der Waals surface area contributed by atoms with Crippen molar-refractivity contribution in [2.75, 3.05) is 19.8 Å². The number of hydrogen-bond acceptors (Lipinski definition) is 3. The monoisotopic (exact) mass is 268 g/mol. The highest BCUT2D eigenvalue weighted by Crippen LogP contribution is 2.38. The molecular formula is C16H28O3. The second kappa shape index (κ2) is 6.55. The van der Waals surface area contributed by atoms with Crippen LogP contribution in [0.2, 0.25) is 0 Å². The van der Waals surface area contributed by atoms with Gasteiger partial charge in [0, 0.05) is 31.7 Å². The highest BCUT2D eigenvalue weighted by molar-refractivity contribution is 4.90. The molecule has 3 heteroatoms. The molecule has 5 atom stereocenters. The van der Waals surface area contributed by atoms with Crippen molar-refractivity contribution in [3.63, 3.8) is 0 Å². The van der Waals surface area contributed by atoms with Gasteiger partial charge in [-0.3, -0.25) is 0 Å². The molecule has 19 heavy (non-hydrogen) atoms. The van der Waals surface area contributed by atoms with E-state index in [4.69, 9.17) is 14.2 Å². The molecule has 3 aliphatic rings. The highest BCUT2D eigenvalue weighted by Gasteiger charge is 2.41. The topological polar surface area (TPSA) is 27.7 Å². The SMILES string of the molecule is CC1OCCCC1C1OCCCC1C1CCCCO1. The largest absolute Gasteiger partial charge is 0.378 e. The van der Waals surface area contributed by atoms with Crippen LogP contribution in [0.25, 0.3) is 0 Å². The van der Waals surface area contributed by atoms with Gasteiger partial charge in [-0.15, -0.1) is 0 Å². The van der Waals surface area contributed by atoms with E-state index in [0.717, 1.165) is 19.8 Å². The Bertz CT molecular complexity index is 275. The number of rotatable bonds is 2. The molecule has 0 aromatic heterocycles. The minimum atomic E-state index is 0.350. The third-order valence-electron chi connectivity index (χ3n) is 5.19. The highest BCUT2D eigenvalue weighted by atomic mass is 16.5. The van der Waals surface area contributed by atoms with Crippen molar-refractivity contribution in [3.8, 4) is 0 Å². The summed E-state index contributed by atoms with van der Waals surface area (Å²) in [5.41, 5.74) is 0. The van der Waals surface area contributed by atoms with Gasteiger partial charge in [-0.2, -0.15) is 0 Å².